The molecule has 0 aliphatic carbocycles. The van der Waals surface area contributed by atoms with E-state index in [0.29, 0.717) is 0 Å². The number of carbonyl (C=O) groups is 1. The number of anilines is 1. The predicted molar refractivity (Wildman–Crippen MR) is 80.9 cm³/mol. The Labute approximate surface area is 123 Å². The molecular formula is C16H18N2O3. The first kappa shape index (κ1) is 13.7. The van der Waals surface area contributed by atoms with Gasteiger partial charge in [-0.1, -0.05) is 12.1 Å². The van der Waals surface area contributed by atoms with Crippen LogP contribution >= 0.6 is 0 Å². The normalized spacial score (nSPS) is 18.1. The van der Waals surface area contributed by atoms with Gasteiger partial charge in [-0.15, -0.1) is 0 Å². The first-order valence-corrected chi connectivity index (χ1v) is 7.11. The number of ether oxygens (including phenoxy) is 1. The van der Waals surface area contributed by atoms with Crippen LogP contribution in [-0.2, 0) is 4.79 Å². The van der Waals surface area contributed by atoms with Gasteiger partial charge in [0.2, 0.25) is 0 Å². The van der Waals surface area contributed by atoms with Crippen LogP contribution in [0.3, 0.4) is 0 Å². The second-order valence-corrected chi connectivity index (χ2v) is 5.28. The second-order valence-electron chi connectivity index (χ2n) is 5.28. The van der Waals surface area contributed by atoms with Crippen LogP contribution in [0.2, 0.25) is 0 Å². The molecular weight excluding hydrogens is 268 g/mol. The second kappa shape index (κ2) is 5.60. The van der Waals surface area contributed by atoms with Crippen molar-refractivity contribution in [3.8, 4) is 5.75 Å². The Kier molecular flexibility index (Phi) is 3.64. The molecule has 1 saturated heterocycles. The van der Waals surface area contributed by atoms with Crippen molar-refractivity contribution in [1.82, 2.24) is 4.98 Å². The molecule has 3 rings (SSSR count). The van der Waals surface area contributed by atoms with Crippen molar-refractivity contribution in [3.05, 3.63) is 30.5 Å². The van der Waals surface area contributed by atoms with Gasteiger partial charge in [0.1, 0.15) is 11.6 Å². The van der Waals surface area contributed by atoms with Crippen molar-refractivity contribution < 1.29 is 14.6 Å². The number of hydrogen-bond acceptors (Lipinski definition) is 4. The van der Waals surface area contributed by atoms with Gasteiger partial charge in [-0.25, -0.2) is 4.98 Å². The number of nitrogens with zero attached hydrogens (tertiary/aromatic N) is 2. The number of fused-ring (bicyclic) bond motifs is 1. The highest BCUT2D eigenvalue weighted by Crippen LogP contribution is 2.34. The fourth-order valence-electron chi connectivity index (χ4n) is 3.10. The highest BCUT2D eigenvalue weighted by molar-refractivity contribution is 5.96. The quantitative estimate of drug-likeness (QED) is 0.936. The van der Waals surface area contributed by atoms with Gasteiger partial charge in [-0.3, -0.25) is 4.79 Å². The van der Waals surface area contributed by atoms with Crippen LogP contribution in [0.4, 0.5) is 5.82 Å². The summed E-state index contributed by atoms with van der Waals surface area (Å²) in [6.45, 7) is 0.848. The standard InChI is InChI=1S/C16H18N2O3/c1-21-14-6-2-5-13-12(14)7-8-17-16(13)18-9-3-4-11(18)10-15(19)20/h2,5-8,11H,3-4,9-10H2,1H3,(H,19,20). The lowest BCUT2D eigenvalue weighted by Gasteiger charge is -2.26. The lowest BCUT2D eigenvalue weighted by molar-refractivity contribution is -0.137. The van der Waals surface area contributed by atoms with E-state index in [1.807, 2.05) is 24.3 Å². The van der Waals surface area contributed by atoms with Gasteiger partial charge in [0.15, 0.2) is 0 Å². The first-order valence-electron chi connectivity index (χ1n) is 7.11. The summed E-state index contributed by atoms with van der Waals surface area (Å²) in [6, 6.07) is 7.82. The molecule has 21 heavy (non-hydrogen) atoms. The molecule has 1 atom stereocenters. The van der Waals surface area contributed by atoms with Crippen LogP contribution in [0.15, 0.2) is 30.5 Å². The Morgan fingerprint density at radius 1 is 1.43 bits per heavy atom. The Hall–Kier alpha value is -2.30. The molecule has 0 amide bonds. The van der Waals surface area contributed by atoms with Crippen LogP contribution in [-0.4, -0.2) is 35.8 Å². The van der Waals surface area contributed by atoms with Crippen molar-refractivity contribution >= 4 is 22.6 Å². The largest absolute Gasteiger partial charge is 0.496 e. The Bertz CT molecular complexity index is 672. The third-order valence-electron chi connectivity index (χ3n) is 4.02. The number of aliphatic carboxylic acids is 1. The van der Waals surface area contributed by atoms with Crippen LogP contribution < -0.4 is 9.64 Å². The third kappa shape index (κ3) is 2.51. The molecule has 1 aliphatic rings. The average molecular weight is 286 g/mol. The van der Waals surface area contributed by atoms with E-state index in [1.54, 1.807) is 13.3 Å². The van der Waals surface area contributed by atoms with Gasteiger partial charge in [-0.05, 0) is 25.0 Å². The number of rotatable bonds is 4. The summed E-state index contributed by atoms with van der Waals surface area (Å²) < 4.78 is 5.40. The lowest BCUT2D eigenvalue weighted by atomic mass is 10.1. The number of hydrogen-bond donors (Lipinski definition) is 1. The molecule has 1 aliphatic heterocycles. The van der Waals surface area contributed by atoms with Crippen molar-refractivity contribution in [2.45, 2.75) is 25.3 Å². The molecule has 0 radical (unpaired) electrons. The minimum Gasteiger partial charge on any atom is -0.496 e. The SMILES string of the molecule is COc1cccc2c(N3CCCC3CC(=O)O)nccc12. The van der Waals surface area contributed by atoms with Crippen LogP contribution in [0, 0.1) is 0 Å². The molecule has 110 valence electrons. The number of methoxy groups -OCH3 is 1. The van der Waals surface area contributed by atoms with E-state index in [2.05, 4.69) is 9.88 Å². The molecule has 1 N–H and O–H groups in total. The van der Waals surface area contributed by atoms with Gasteiger partial charge in [0.05, 0.1) is 13.5 Å². The molecule has 0 saturated carbocycles. The third-order valence-corrected chi connectivity index (χ3v) is 4.02. The Morgan fingerprint density at radius 3 is 3.05 bits per heavy atom. The zero-order valence-electron chi connectivity index (χ0n) is 12.0. The van der Waals surface area contributed by atoms with E-state index in [0.717, 1.165) is 41.7 Å². The van der Waals surface area contributed by atoms with E-state index in [1.165, 1.54) is 0 Å². The fourth-order valence-corrected chi connectivity index (χ4v) is 3.10. The summed E-state index contributed by atoms with van der Waals surface area (Å²) in [4.78, 5) is 17.6. The fraction of sp³-hybridized carbons (Fsp3) is 0.375. The molecule has 0 bridgehead atoms. The maximum Gasteiger partial charge on any atom is 0.305 e. The average Bonchev–Trinajstić information content (AvgIpc) is 2.93. The highest BCUT2D eigenvalue weighted by atomic mass is 16.5. The maximum atomic E-state index is 11.0. The zero-order valence-corrected chi connectivity index (χ0v) is 12.0. The molecule has 5 nitrogen and oxygen atoms in total. The number of pyridine rings is 1. The Balaban J connectivity index is 2.06. The van der Waals surface area contributed by atoms with E-state index in [4.69, 9.17) is 9.84 Å². The summed E-state index contributed by atoms with van der Waals surface area (Å²) in [5, 5.41) is 11.1. The van der Waals surface area contributed by atoms with E-state index < -0.39 is 5.97 Å². The number of carboxylic acids is 1. The highest BCUT2D eigenvalue weighted by Gasteiger charge is 2.28. The number of carboxylic acid groups (broad SMARTS) is 1. The summed E-state index contributed by atoms with van der Waals surface area (Å²) >= 11 is 0. The number of aromatic nitrogens is 1. The van der Waals surface area contributed by atoms with Crippen LogP contribution in [0.5, 0.6) is 5.75 Å². The smallest absolute Gasteiger partial charge is 0.305 e. The molecule has 2 aromatic rings. The minimum absolute atomic E-state index is 0.0202. The van der Waals surface area contributed by atoms with Crippen LogP contribution in [0.25, 0.3) is 10.8 Å². The van der Waals surface area contributed by atoms with Crippen molar-refractivity contribution in [2.75, 3.05) is 18.6 Å². The van der Waals surface area contributed by atoms with Gasteiger partial charge < -0.3 is 14.7 Å². The molecule has 1 fully saturated rings. The maximum absolute atomic E-state index is 11.0. The summed E-state index contributed by atoms with van der Waals surface area (Å²) in [5.74, 6) is 0.907. The number of benzene rings is 1. The van der Waals surface area contributed by atoms with Gasteiger partial charge in [-0.2, -0.15) is 0 Å². The van der Waals surface area contributed by atoms with Crippen molar-refractivity contribution in [3.63, 3.8) is 0 Å². The van der Waals surface area contributed by atoms with E-state index in [-0.39, 0.29) is 12.5 Å². The summed E-state index contributed by atoms with van der Waals surface area (Å²) in [7, 11) is 1.65. The molecule has 5 heteroatoms. The molecule has 2 heterocycles. The summed E-state index contributed by atoms with van der Waals surface area (Å²) in [5.41, 5.74) is 0. The van der Waals surface area contributed by atoms with Crippen LogP contribution in [0.1, 0.15) is 19.3 Å². The van der Waals surface area contributed by atoms with Crippen molar-refractivity contribution in [1.29, 1.82) is 0 Å². The van der Waals surface area contributed by atoms with E-state index in [9.17, 15) is 4.79 Å². The Morgan fingerprint density at radius 2 is 2.29 bits per heavy atom. The van der Waals surface area contributed by atoms with Gasteiger partial charge in [0.25, 0.3) is 0 Å². The molecule has 0 spiro atoms. The van der Waals surface area contributed by atoms with E-state index >= 15 is 0 Å². The van der Waals surface area contributed by atoms with Gasteiger partial charge >= 0.3 is 5.97 Å². The molecule has 1 aromatic carbocycles. The molecule has 1 unspecified atom stereocenters. The van der Waals surface area contributed by atoms with Crippen molar-refractivity contribution in [2.24, 2.45) is 0 Å². The topological polar surface area (TPSA) is 62.7 Å². The molecule has 1 aromatic heterocycles. The van der Waals surface area contributed by atoms with Gasteiger partial charge in [0, 0.05) is 29.6 Å². The minimum atomic E-state index is -0.760. The predicted octanol–water partition coefficient (Wildman–Crippen LogP) is 2.69. The summed E-state index contributed by atoms with van der Waals surface area (Å²) in [6.07, 6.45) is 3.81. The monoisotopic (exact) mass is 286 g/mol. The zero-order chi connectivity index (χ0) is 14.8. The first-order chi connectivity index (χ1) is 10.2. The lowest BCUT2D eigenvalue weighted by Crippen LogP contribution is -2.32.